The van der Waals surface area contributed by atoms with E-state index >= 15 is 0 Å². The molecule has 0 bridgehead atoms. The van der Waals surface area contributed by atoms with Gasteiger partial charge in [-0.25, -0.2) is 0 Å². The standard InChI is InChI=1S/C13H11BrO2S/c14-11-4-1-3-10(7-11)8-16-9-12(15)13-5-2-6-17-13/h1-7H,8-9H2. The van der Waals surface area contributed by atoms with Crippen molar-refractivity contribution in [3.63, 3.8) is 0 Å². The molecule has 4 heteroatoms. The normalized spacial score (nSPS) is 10.4. The SMILES string of the molecule is O=C(COCc1cccc(Br)c1)c1cccs1. The molecule has 0 spiro atoms. The van der Waals surface area contributed by atoms with E-state index < -0.39 is 0 Å². The van der Waals surface area contributed by atoms with Crippen LogP contribution in [0.5, 0.6) is 0 Å². The Bertz CT molecular complexity index is 494. The van der Waals surface area contributed by atoms with Crippen LogP contribution >= 0.6 is 27.3 Å². The van der Waals surface area contributed by atoms with Gasteiger partial charge in [-0.15, -0.1) is 11.3 Å². The summed E-state index contributed by atoms with van der Waals surface area (Å²) >= 11 is 4.84. The molecule has 0 fully saturated rings. The predicted molar refractivity (Wildman–Crippen MR) is 72.4 cm³/mol. The van der Waals surface area contributed by atoms with Crippen molar-refractivity contribution in [1.82, 2.24) is 0 Å². The van der Waals surface area contributed by atoms with Crippen LogP contribution in [0.25, 0.3) is 0 Å². The first-order chi connectivity index (χ1) is 8.25. The Morgan fingerprint density at radius 2 is 2.18 bits per heavy atom. The van der Waals surface area contributed by atoms with Crippen molar-refractivity contribution in [3.8, 4) is 0 Å². The lowest BCUT2D eigenvalue weighted by Crippen LogP contribution is -2.07. The summed E-state index contributed by atoms with van der Waals surface area (Å²) < 4.78 is 6.41. The van der Waals surface area contributed by atoms with E-state index in [1.165, 1.54) is 11.3 Å². The molecule has 2 nitrogen and oxygen atoms in total. The summed E-state index contributed by atoms with van der Waals surface area (Å²) in [5.74, 6) is 0.0370. The van der Waals surface area contributed by atoms with Crippen molar-refractivity contribution in [2.75, 3.05) is 6.61 Å². The molecule has 0 radical (unpaired) electrons. The Hall–Kier alpha value is -0.970. The summed E-state index contributed by atoms with van der Waals surface area (Å²) in [6, 6.07) is 11.5. The average molecular weight is 311 g/mol. The van der Waals surface area contributed by atoms with Gasteiger partial charge in [0.15, 0.2) is 5.78 Å². The molecule has 0 N–H and O–H groups in total. The van der Waals surface area contributed by atoms with Gasteiger partial charge in [-0.05, 0) is 29.1 Å². The van der Waals surface area contributed by atoms with E-state index in [1.807, 2.05) is 41.8 Å². The lowest BCUT2D eigenvalue weighted by Gasteiger charge is -2.03. The fourth-order valence-corrected chi connectivity index (χ4v) is 2.49. The number of carbonyl (C=O) groups is 1. The fraction of sp³-hybridized carbons (Fsp3) is 0.154. The summed E-state index contributed by atoms with van der Waals surface area (Å²) in [5.41, 5.74) is 1.05. The third-order valence-corrected chi connectivity index (χ3v) is 3.59. The zero-order chi connectivity index (χ0) is 12.1. The van der Waals surface area contributed by atoms with E-state index in [9.17, 15) is 4.79 Å². The van der Waals surface area contributed by atoms with E-state index in [-0.39, 0.29) is 12.4 Å². The minimum atomic E-state index is 0.0370. The first kappa shape index (κ1) is 12.5. The molecule has 2 aromatic rings. The van der Waals surface area contributed by atoms with E-state index in [0.717, 1.165) is 14.9 Å². The van der Waals surface area contributed by atoms with E-state index in [0.29, 0.717) is 6.61 Å². The van der Waals surface area contributed by atoms with Gasteiger partial charge in [-0.1, -0.05) is 34.1 Å². The van der Waals surface area contributed by atoms with Crippen LogP contribution in [0.15, 0.2) is 46.3 Å². The third kappa shape index (κ3) is 3.77. The number of ether oxygens (including phenoxy) is 1. The molecule has 0 aliphatic carbocycles. The molecule has 2 rings (SSSR count). The second kappa shape index (κ2) is 6.10. The highest BCUT2D eigenvalue weighted by atomic mass is 79.9. The first-order valence-corrected chi connectivity index (χ1v) is 6.82. The van der Waals surface area contributed by atoms with Crippen molar-refractivity contribution in [2.24, 2.45) is 0 Å². The number of hydrogen-bond acceptors (Lipinski definition) is 3. The molecule has 0 atom stereocenters. The molecule has 1 aromatic heterocycles. The van der Waals surface area contributed by atoms with Crippen LogP contribution < -0.4 is 0 Å². The molecular formula is C13H11BrO2S. The number of ketones is 1. The lowest BCUT2D eigenvalue weighted by atomic mass is 10.2. The first-order valence-electron chi connectivity index (χ1n) is 5.14. The number of thiophene rings is 1. The van der Waals surface area contributed by atoms with E-state index in [2.05, 4.69) is 15.9 Å². The molecule has 88 valence electrons. The van der Waals surface area contributed by atoms with Crippen molar-refractivity contribution in [3.05, 3.63) is 56.7 Å². The zero-order valence-corrected chi connectivity index (χ0v) is 11.5. The fourth-order valence-electron chi connectivity index (χ4n) is 1.40. The van der Waals surface area contributed by atoms with Gasteiger partial charge in [0.1, 0.15) is 6.61 Å². The summed E-state index contributed by atoms with van der Waals surface area (Å²) in [6.07, 6.45) is 0. The summed E-state index contributed by atoms with van der Waals surface area (Å²) in [4.78, 5) is 12.4. The molecule has 0 saturated carbocycles. The van der Waals surface area contributed by atoms with Crippen LogP contribution in [0.3, 0.4) is 0 Å². The molecule has 17 heavy (non-hydrogen) atoms. The van der Waals surface area contributed by atoms with Gasteiger partial charge >= 0.3 is 0 Å². The average Bonchev–Trinajstić information content (AvgIpc) is 2.82. The van der Waals surface area contributed by atoms with Gasteiger partial charge < -0.3 is 4.74 Å². The minimum Gasteiger partial charge on any atom is -0.369 e. The van der Waals surface area contributed by atoms with Crippen LogP contribution in [-0.2, 0) is 11.3 Å². The second-order valence-electron chi connectivity index (χ2n) is 3.52. The molecule has 0 saturated heterocycles. The van der Waals surface area contributed by atoms with Crippen LogP contribution in [-0.4, -0.2) is 12.4 Å². The summed E-state index contributed by atoms with van der Waals surface area (Å²) in [6.45, 7) is 0.587. The Morgan fingerprint density at radius 1 is 1.29 bits per heavy atom. The van der Waals surface area contributed by atoms with Gasteiger partial charge in [0.05, 0.1) is 11.5 Å². The smallest absolute Gasteiger partial charge is 0.198 e. The lowest BCUT2D eigenvalue weighted by molar-refractivity contribution is 0.0730. The number of Topliss-reactive ketones (excluding diaryl/α,β-unsaturated/α-hetero) is 1. The highest BCUT2D eigenvalue weighted by Crippen LogP contribution is 2.13. The Kier molecular flexibility index (Phi) is 4.48. The molecule has 0 aliphatic heterocycles. The van der Waals surface area contributed by atoms with Crippen LogP contribution in [0.4, 0.5) is 0 Å². The Labute approximate surface area is 112 Å². The summed E-state index contributed by atoms with van der Waals surface area (Å²) in [5, 5.41) is 1.89. The number of benzene rings is 1. The maximum Gasteiger partial charge on any atom is 0.198 e. The molecule has 1 heterocycles. The maximum atomic E-state index is 11.6. The van der Waals surface area contributed by atoms with Gasteiger partial charge in [-0.2, -0.15) is 0 Å². The quantitative estimate of drug-likeness (QED) is 0.783. The highest BCUT2D eigenvalue weighted by Gasteiger charge is 2.06. The minimum absolute atomic E-state index is 0.0370. The largest absolute Gasteiger partial charge is 0.369 e. The predicted octanol–water partition coefficient (Wildman–Crippen LogP) is 3.91. The van der Waals surface area contributed by atoms with Gasteiger partial charge in [0.25, 0.3) is 0 Å². The molecule has 0 aliphatic rings. The van der Waals surface area contributed by atoms with Crippen LogP contribution in [0.1, 0.15) is 15.2 Å². The van der Waals surface area contributed by atoms with Gasteiger partial charge in [0.2, 0.25) is 0 Å². The number of hydrogen-bond donors (Lipinski definition) is 0. The monoisotopic (exact) mass is 310 g/mol. The third-order valence-electron chi connectivity index (χ3n) is 2.19. The van der Waals surface area contributed by atoms with Crippen molar-refractivity contribution < 1.29 is 9.53 Å². The number of halogens is 1. The van der Waals surface area contributed by atoms with E-state index in [1.54, 1.807) is 0 Å². The van der Waals surface area contributed by atoms with Crippen LogP contribution in [0.2, 0.25) is 0 Å². The number of rotatable bonds is 5. The molecule has 0 amide bonds. The number of carbonyl (C=O) groups excluding carboxylic acids is 1. The van der Waals surface area contributed by atoms with Crippen molar-refractivity contribution >= 4 is 33.0 Å². The van der Waals surface area contributed by atoms with Crippen molar-refractivity contribution in [2.45, 2.75) is 6.61 Å². The topological polar surface area (TPSA) is 26.3 Å². The van der Waals surface area contributed by atoms with Crippen molar-refractivity contribution in [1.29, 1.82) is 0 Å². The van der Waals surface area contributed by atoms with Gasteiger partial charge in [0, 0.05) is 4.47 Å². The van der Waals surface area contributed by atoms with Gasteiger partial charge in [-0.3, -0.25) is 4.79 Å². The summed E-state index contributed by atoms with van der Waals surface area (Å²) in [7, 11) is 0. The maximum absolute atomic E-state index is 11.6. The molecule has 0 unspecified atom stereocenters. The van der Waals surface area contributed by atoms with E-state index in [4.69, 9.17) is 4.74 Å². The Balaban J connectivity index is 1.82. The zero-order valence-electron chi connectivity index (χ0n) is 9.06. The second-order valence-corrected chi connectivity index (χ2v) is 5.39. The van der Waals surface area contributed by atoms with Crippen LogP contribution in [0, 0.1) is 0 Å². The highest BCUT2D eigenvalue weighted by molar-refractivity contribution is 9.10. The molecule has 1 aromatic carbocycles. The Morgan fingerprint density at radius 3 is 2.88 bits per heavy atom. The molecular weight excluding hydrogens is 300 g/mol.